The smallest absolute Gasteiger partial charge is 0.790 e. The van der Waals surface area contributed by atoms with Gasteiger partial charge in [0.1, 0.15) is 47.9 Å². The summed E-state index contributed by atoms with van der Waals surface area (Å²) in [4.78, 5) is 70.6. The summed E-state index contributed by atoms with van der Waals surface area (Å²) in [7, 11) is -17.5. The zero-order valence-corrected chi connectivity index (χ0v) is 35.5. The number of aromatic nitrogens is 5. The summed E-state index contributed by atoms with van der Waals surface area (Å²) in [6, 6.07) is 2.75. The number of aliphatic hydroxyl groups is 3. The standard InChI is InChI=1S/C21H28N7O17P3.3Na/c22-17-12-19(25-7-24-17)28(8-26-12)21-16(44-46(33,34)35)14(30)11(43-21)6-41-48(38,39)45-47(36,37)40-5-10-13(29)15(31)20(42-10)27-3-1-2-9(4-27)18(23)32;;;/h1-4,7-8,10-11,13-16,20-21,29-31H,5-6H2,(H7-,22,23,24,25,32,33,34,35,36,37,38,39);;;/q;3*+1/p-3. The number of ether oxygens (including phenoxy) is 2. The number of amides is 1. The number of rotatable bonds is 13. The average Bonchev–Trinajstić information content (AvgIpc) is 3.64. The van der Waals surface area contributed by atoms with E-state index in [2.05, 4.69) is 32.8 Å². The number of imidazole rings is 1. The van der Waals surface area contributed by atoms with Gasteiger partial charge in [0.25, 0.3) is 27.8 Å². The molecule has 264 valence electrons. The van der Waals surface area contributed by atoms with Crippen molar-refractivity contribution in [3.8, 4) is 0 Å². The number of nitrogens with two attached hydrogens (primary N) is 2. The fourth-order valence-corrected chi connectivity index (χ4v) is 7.35. The number of fused-ring (bicyclic) bond motifs is 1. The van der Waals surface area contributed by atoms with Crippen LogP contribution in [0.5, 0.6) is 0 Å². The second-order valence-corrected chi connectivity index (χ2v) is 14.2. The molecular formula is C21H25N7Na3O17P3. The molecular weight excluding hydrogens is 784 g/mol. The van der Waals surface area contributed by atoms with E-state index in [1.54, 1.807) is 0 Å². The molecule has 51 heavy (non-hydrogen) atoms. The van der Waals surface area contributed by atoms with Gasteiger partial charge in [-0.25, -0.2) is 19.3 Å². The first-order valence-electron chi connectivity index (χ1n) is 13.3. The number of carbonyl (C=O) groups is 1. The van der Waals surface area contributed by atoms with Crippen molar-refractivity contribution in [2.45, 2.75) is 49.1 Å². The predicted octanol–water partition coefficient (Wildman–Crippen LogP) is -14.4. The van der Waals surface area contributed by atoms with Crippen molar-refractivity contribution >= 4 is 46.4 Å². The van der Waals surface area contributed by atoms with Crippen LogP contribution in [-0.4, -0.2) is 90.6 Å². The maximum absolute atomic E-state index is 12.4. The van der Waals surface area contributed by atoms with Crippen LogP contribution in [0.1, 0.15) is 22.8 Å². The number of nitrogens with zero attached hydrogens (tertiary/aromatic N) is 5. The number of phosphoric acid groups is 3. The average molecular weight is 809 g/mol. The molecule has 24 nitrogen and oxygen atoms in total. The molecule has 2 aliphatic rings. The Hall–Kier alpha value is 0.140. The normalized spacial score (nSPS) is 28.5. The minimum absolute atomic E-state index is 0. The fraction of sp³-hybridized carbons (Fsp3) is 0.476. The minimum atomic E-state index is -5.86. The molecule has 1 amide bonds. The Bertz CT molecular complexity index is 1830. The van der Waals surface area contributed by atoms with Crippen LogP contribution in [0.25, 0.3) is 11.2 Å². The van der Waals surface area contributed by atoms with E-state index in [0.717, 1.165) is 17.2 Å². The van der Waals surface area contributed by atoms with E-state index in [-0.39, 0.29) is 111 Å². The maximum Gasteiger partial charge on any atom is 1.00 e. The third-order valence-electron chi connectivity index (χ3n) is 6.96. The summed E-state index contributed by atoms with van der Waals surface area (Å²) in [6.45, 7) is -2.27. The zero-order valence-electron chi connectivity index (χ0n) is 26.8. The van der Waals surface area contributed by atoms with Crippen LogP contribution < -0.4 is 124 Å². The van der Waals surface area contributed by atoms with Crippen LogP contribution in [0.4, 0.5) is 5.82 Å². The summed E-state index contributed by atoms with van der Waals surface area (Å²) in [5.74, 6) is -0.906. The summed E-state index contributed by atoms with van der Waals surface area (Å²) in [6.07, 6.45) is -9.25. The third-order valence-corrected chi connectivity index (χ3v) is 9.99. The first kappa shape index (κ1) is 47.3. The molecule has 0 aromatic carbocycles. The van der Waals surface area contributed by atoms with Gasteiger partial charge in [-0.15, -0.1) is 0 Å². The van der Waals surface area contributed by atoms with Crippen LogP contribution in [0.2, 0.25) is 0 Å². The van der Waals surface area contributed by atoms with Crippen LogP contribution in [0.15, 0.2) is 37.2 Å². The number of nitrogen functional groups attached to an aromatic ring is 1. The summed E-state index contributed by atoms with van der Waals surface area (Å²) >= 11 is 0. The van der Waals surface area contributed by atoms with Crippen LogP contribution in [0, 0.1) is 0 Å². The van der Waals surface area contributed by atoms with Gasteiger partial charge in [-0.3, -0.25) is 18.5 Å². The van der Waals surface area contributed by atoms with Gasteiger partial charge in [0.05, 0.1) is 27.4 Å². The molecule has 2 aliphatic heterocycles. The molecule has 30 heteroatoms. The topological polar surface area (TPSA) is 376 Å². The molecule has 0 saturated carbocycles. The molecule has 0 radical (unpaired) electrons. The van der Waals surface area contributed by atoms with Gasteiger partial charge in [0, 0.05) is 6.07 Å². The van der Waals surface area contributed by atoms with E-state index >= 15 is 0 Å². The van der Waals surface area contributed by atoms with Crippen molar-refractivity contribution in [2.24, 2.45) is 5.73 Å². The van der Waals surface area contributed by atoms with E-state index < -0.39 is 91.7 Å². The van der Waals surface area contributed by atoms with Crippen molar-refractivity contribution in [3.63, 3.8) is 0 Å². The fourth-order valence-electron chi connectivity index (χ4n) is 4.81. The third kappa shape index (κ3) is 11.6. The SMILES string of the molecule is NC(=O)c1ccc[n+](C2OC(COP(=O)([O-])OP(=O)([O-])OCC3OC(n4cnc5c(N)ncnc54)C(OP(=O)([O-])[O-])C3O)C(O)C2O)c1.[Na+].[Na+].[Na+]. The Morgan fingerprint density at radius 1 is 0.941 bits per heavy atom. The number of anilines is 1. The Morgan fingerprint density at radius 3 is 2.14 bits per heavy atom. The zero-order chi connectivity index (χ0) is 35.2. The molecule has 5 heterocycles. The Balaban J connectivity index is 0.00000300. The Kier molecular flexibility index (Phi) is 17.5. The summed E-state index contributed by atoms with van der Waals surface area (Å²) in [5, 5.41) is 31.4. The molecule has 3 aromatic heterocycles. The van der Waals surface area contributed by atoms with E-state index in [9.17, 15) is 53.4 Å². The molecule has 3 aromatic rings. The quantitative estimate of drug-likeness (QED) is 0.0608. The van der Waals surface area contributed by atoms with Gasteiger partial charge < -0.3 is 74.0 Å². The van der Waals surface area contributed by atoms with Gasteiger partial charge >= 0.3 is 88.7 Å². The number of phosphoric ester groups is 3. The molecule has 2 fully saturated rings. The van der Waals surface area contributed by atoms with Gasteiger partial charge in [-0.1, -0.05) is 0 Å². The first-order chi connectivity index (χ1) is 22.4. The summed E-state index contributed by atoms with van der Waals surface area (Å²) in [5.41, 5.74) is 10.9. The molecule has 7 N–H and O–H groups in total. The van der Waals surface area contributed by atoms with E-state index in [1.807, 2.05) is 0 Å². The molecule has 2 saturated heterocycles. The van der Waals surface area contributed by atoms with Crippen molar-refractivity contribution in [3.05, 3.63) is 42.7 Å². The number of hydrogen-bond acceptors (Lipinski definition) is 21. The van der Waals surface area contributed by atoms with Crippen molar-refractivity contribution in [2.75, 3.05) is 18.9 Å². The van der Waals surface area contributed by atoms with E-state index in [0.29, 0.717) is 0 Å². The van der Waals surface area contributed by atoms with Crippen LogP contribution >= 0.6 is 23.5 Å². The predicted molar refractivity (Wildman–Crippen MR) is 141 cm³/mol. The Labute approximate surface area is 353 Å². The number of primary amides is 1. The van der Waals surface area contributed by atoms with Crippen molar-refractivity contribution in [1.82, 2.24) is 19.5 Å². The van der Waals surface area contributed by atoms with Gasteiger partial charge in [-0.05, 0) is 6.07 Å². The second kappa shape index (κ2) is 18.9. The van der Waals surface area contributed by atoms with E-state index in [4.69, 9.17) is 20.9 Å². The molecule has 0 bridgehead atoms. The van der Waals surface area contributed by atoms with Gasteiger partial charge in [0.2, 0.25) is 0 Å². The molecule has 0 spiro atoms. The van der Waals surface area contributed by atoms with E-state index in [1.165, 1.54) is 29.1 Å². The minimum Gasteiger partial charge on any atom is -0.790 e. The van der Waals surface area contributed by atoms with Crippen molar-refractivity contribution in [1.29, 1.82) is 0 Å². The molecule has 0 aliphatic carbocycles. The molecule has 10 unspecified atom stereocenters. The number of hydrogen-bond donors (Lipinski definition) is 5. The van der Waals surface area contributed by atoms with Crippen LogP contribution in [0.3, 0.4) is 0 Å². The molecule has 10 atom stereocenters. The van der Waals surface area contributed by atoms with Crippen molar-refractivity contribution < 1.29 is 174 Å². The molecule has 5 rings (SSSR count). The largest absolute Gasteiger partial charge is 1.00 e. The Morgan fingerprint density at radius 2 is 1.55 bits per heavy atom. The number of pyridine rings is 1. The maximum atomic E-state index is 12.4. The first-order valence-corrected chi connectivity index (χ1v) is 17.7. The van der Waals surface area contributed by atoms with Gasteiger partial charge in [-0.2, -0.15) is 4.57 Å². The van der Waals surface area contributed by atoms with Gasteiger partial charge in [0.15, 0.2) is 36.2 Å². The number of carbonyl (C=O) groups excluding carboxylic acids is 1. The summed E-state index contributed by atoms with van der Waals surface area (Å²) < 4.78 is 66.7. The monoisotopic (exact) mass is 809 g/mol. The second-order valence-electron chi connectivity index (χ2n) is 10.2. The van der Waals surface area contributed by atoms with Crippen LogP contribution in [-0.2, 0) is 41.1 Å². The number of aliphatic hydroxyl groups excluding tert-OH is 3.